The molecule has 1 N–H and O–H groups in total. The van der Waals surface area contributed by atoms with Crippen LogP contribution in [0.4, 0.5) is 4.79 Å². The summed E-state index contributed by atoms with van der Waals surface area (Å²) >= 11 is 1.38. The van der Waals surface area contributed by atoms with Gasteiger partial charge in [-0.05, 0) is 82.5 Å². The number of esters is 2. The topological polar surface area (TPSA) is 84.9 Å². The molecular weight excluding hydrogens is 633 g/mol. The number of hydrogen-bond donors (Lipinski definition) is 1. The maximum absolute atomic E-state index is 13.0. The molecule has 0 aromatic heterocycles. The fourth-order valence-corrected chi connectivity index (χ4v) is 6.23. The number of allylic oxidation sites excluding steroid dienone is 2. The minimum absolute atomic E-state index is 0.117. The molecule has 0 saturated heterocycles. The van der Waals surface area contributed by atoms with Gasteiger partial charge >= 0.3 is 11.9 Å². The van der Waals surface area contributed by atoms with E-state index in [0.29, 0.717) is 25.2 Å². The van der Waals surface area contributed by atoms with Crippen LogP contribution in [0.25, 0.3) is 0 Å². The highest BCUT2D eigenvalue weighted by Crippen LogP contribution is 2.15. The highest BCUT2D eigenvalue weighted by atomic mass is 32.2. The zero-order valence-electron chi connectivity index (χ0n) is 31.2. The van der Waals surface area contributed by atoms with Crippen molar-refractivity contribution in [2.45, 2.75) is 136 Å². The first-order valence-corrected chi connectivity index (χ1v) is 20.3. The van der Waals surface area contributed by atoms with Crippen molar-refractivity contribution in [2.24, 2.45) is 0 Å². The first-order chi connectivity index (χ1) is 24.0. The predicted molar refractivity (Wildman–Crippen MR) is 207 cm³/mol. The number of nitrogens with zero attached hydrogens (tertiary/aromatic N) is 1. The molecule has 7 nitrogen and oxygen atoms in total. The lowest BCUT2D eigenvalue weighted by Gasteiger charge is -2.22. The molecule has 278 valence electrons. The van der Waals surface area contributed by atoms with Gasteiger partial charge in [-0.3, -0.25) is 9.59 Å². The van der Waals surface area contributed by atoms with E-state index in [1.807, 2.05) is 42.3 Å². The molecule has 49 heavy (non-hydrogen) atoms. The molecule has 0 atom stereocenters. The van der Waals surface area contributed by atoms with Crippen LogP contribution in [0.15, 0.2) is 48.6 Å². The Morgan fingerprint density at radius 1 is 0.735 bits per heavy atom. The van der Waals surface area contributed by atoms with Crippen molar-refractivity contribution in [2.75, 3.05) is 45.6 Å². The molecule has 0 heterocycles. The molecule has 1 amide bonds. The average Bonchev–Trinajstić information content (AvgIpc) is 3.11. The molecule has 0 radical (unpaired) electrons. The van der Waals surface area contributed by atoms with Gasteiger partial charge in [0.2, 0.25) is 0 Å². The van der Waals surface area contributed by atoms with Gasteiger partial charge in [-0.25, -0.2) is 4.79 Å². The summed E-state index contributed by atoms with van der Waals surface area (Å²) in [5, 5.41) is 3.26. The van der Waals surface area contributed by atoms with Crippen molar-refractivity contribution in [3.05, 3.63) is 59.7 Å². The van der Waals surface area contributed by atoms with Gasteiger partial charge < -0.3 is 19.7 Å². The Morgan fingerprint density at radius 2 is 1.35 bits per heavy atom. The lowest BCUT2D eigenvalue weighted by Crippen LogP contribution is -2.30. The lowest BCUT2D eigenvalue weighted by atomic mass is 10.0. The molecule has 0 fully saturated rings. The van der Waals surface area contributed by atoms with Crippen LogP contribution in [-0.2, 0) is 20.7 Å². The molecule has 0 aliphatic heterocycles. The Bertz CT molecular complexity index is 1040. The van der Waals surface area contributed by atoms with E-state index in [1.165, 1.54) is 63.1 Å². The third-order valence-electron chi connectivity index (χ3n) is 8.38. The molecule has 1 rings (SSSR count). The lowest BCUT2D eigenvalue weighted by molar-refractivity contribution is -0.142. The Morgan fingerprint density at radius 3 is 2.02 bits per heavy atom. The summed E-state index contributed by atoms with van der Waals surface area (Å²) < 4.78 is 10.8. The average molecular weight is 701 g/mol. The molecule has 0 aliphatic rings. The van der Waals surface area contributed by atoms with Crippen molar-refractivity contribution in [1.29, 1.82) is 0 Å². The van der Waals surface area contributed by atoms with Gasteiger partial charge in [-0.15, -0.1) is 0 Å². The van der Waals surface area contributed by atoms with E-state index in [4.69, 9.17) is 9.47 Å². The molecule has 0 bridgehead atoms. The first kappa shape index (κ1) is 44.4. The Hall–Kier alpha value is -2.58. The van der Waals surface area contributed by atoms with Gasteiger partial charge in [-0.2, -0.15) is 0 Å². The van der Waals surface area contributed by atoms with Crippen molar-refractivity contribution in [3.63, 3.8) is 0 Å². The molecule has 0 spiro atoms. The van der Waals surface area contributed by atoms with E-state index in [2.05, 4.69) is 37.4 Å². The van der Waals surface area contributed by atoms with Crippen LogP contribution in [0, 0.1) is 0 Å². The van der Waals surface area contributed by atoms with Crippen LogP contribution in [0.1, 0.15) is 145 Å². The zero-order chi connectivity index (χ0) is 35.6. The summed E-state index contributed by atoms with van der Waals surface area (Å²) in [6, 6.07) is 7.71. The fourth-order valence-electron chi connectivity index (χ4n) is 5.38. The number of hydrogen-bond acceptors (Lipinski definition) is 7. The predicted octanol–water partition coefficient (Wildman–Crippen LogP) is 10.5. The second-order valence-corrected chi connectivity index (χ2v) is 13.8. The monoisotopic (exact) mass is 700 g/mol. The number of amides is 1. The summed E-state index contributed by atoms with van der Waals surface area (Å²) in [7, 11) is 1.90. The third-order valence-corrected chi connectivity index (χ3v) is 9.30. The third kappa shape index (κ3) is 26.0. The van der Waals surface area contributed by atoms with E-state index in [-0.39, 0.29) is 17.2 Å². The second-order valence-electron chi connectivity index (χ2n) is 12.8. The Labute approximate surface area is 303 Å². The molecule has 0 unspecified atom stereocenters. The van der Waals surface area contributed by atoms with Gasteiger partial charge in [0.25, 0.3) is 5.24 Å². The van der Waals surface area contributed by atoms with Crippen molar-refractivity contribution in [3.8, 4) is 0 Å². The number of aryl methyl sites for hydroxylation is 1. The number of benzene rings is 1. The number of carbonyl (C=O) groups is 3. The van der Waals surface area contributed by atoms with Gasteiger partial charge in [0, 0.05) is 31.8 Å². The van der Waals surface area contributed by atoms with E-state index < -0.39 is 0 Å². The Balaban J connectivity index is 2.33. The second kappa shape index (κ2) is 32.6. The van der Waals surface area contributed by atoms with Crippen LogP contribution in [0.3, 0.4) is 0 Å². The maximum atomic E-state index is 13.0. The largest absolute Gasteiger partial charge is 0.461 e. The number of rotatable bonds is 31. The van der Waals surface area contributed by atoms with Crippen LogP contribution in [0.5, 0.6) is 0 Å². The fraction of sp³-hybridized carbons (Fsp3) is 0.683. The van der Waals surface area contributed by atoms with Crippen molar-refractivity contribution >= 4 is 28.9 Å². The Kier molecular flexibility index (Phi) is 29.6. The van der Waals surface area contributed by atoms with E-state index in [0.717, 1.165) is 95.2 Å². The molecule has 1 aromatic rings. The molecule has 1 aromatic carbocycles. The quantitative estimate of drug-likeness (QED) is 0.0469. The minimum atomic E-state index is -0.288. The SMILES string of the molecule is CCCCCC/C=C\COC(=O)CCCCCCCN(CCCCc1cccc(C(=O)OC/C=C\CCCCCC)c1)C(=O)SCCNC. The zero-order valence-corrected chi connectivity index (χ0v) is 32.0. The van der Waals surface area contributed by atoms with E-state index in [9.17, 15) is 14.4 Å². The van der Waals surface area contributed by atoms with Gasteiger partial charge in [0.15, 0.2) is 0 Å². The van der Waals surface area contributed by atoms with Gasteiger partial charge in [0.05, 0.1) is 5.56 Å². The number of ether oxygens (including phenoxy) is 2. The summed E-state index contributed by atoms with van der Waals surface area (Å²) in [4.78, 5) is 39.5. The van der Waals surface area contributed by atoms with Gasteiger partial charge in [0.1, 0.15) is 13.2 Å². The molecular formula is C41H68N2O5S. The summed E-state index contributed by atoms with van der Waals surface area (Å²) in [5.74, 6) is 0.354. The van der Waals surface area contributed by atoms with Crippen LogP contribution < -0.4 is 5.32 Å². The number of thioether (sulfide) groups is 1. The summed E-state index contributed by atoms with van der Waals surface area (Å²) in [6.45, 7) is 7.39. The van der Waals surface area contributed by atoms with E-state index >= 15 is 0 Å². The summed E-state index contributed by atoms with van der Waals surface area (Å²) in [6.07, 6.45) is 28.2. The van der Waals surface area contributed by atoms with Crippen LogP contribution in [-0.4, -0.2) is 67.7 Å². The number of carbonyl (C=O) groups excluding carboxylic acids is 3. The smallest absolute Gasteiger partial charge is 0.338 e. The van der Waals surface area contributed by atoms with Crippen LogP contribution >= 0.6 is 11.8 Å². The standard InChI is InChI=1S/C41H68N2O5S/c1-4-6-8-10-12-17-23-33-47-39(44)29-19-15-14-16-21-31-43(41(46)49-35-30-42-3)32-22-20-26-37-27-25-28-38(36-37)40(45)48-34-24-18-13-11-9-7-5-2/h17-18,23-25,27-28,36,42H,4-16,19-22,26,29-35H2,1-3H3/b23-17-,24-18-. The number of nitrogens with one attached hydrogen (secondary N) is 1. The molecule has 8 heteroatoms. The van der Waals surface area contributed by atoms with Gasteiger partial charge in [-0.1, -0.05) is 120 Å². The van der Waals surface area contributed by atoms with Crippen molar-refractivity contribution < 1.29 is 23.9 Å². The number of unbranched alkanes of at least 4 members (excludes halogenated alkanes) is 13. The highest BCUT2D eigenvalue weighted by molar-refractivity contribution is 8.13. The summed E-state index contributed by atoms with van der Waals surface area (Å²) in [5.41, 5.74) is 1.70. The molecule has 0 saturated carbocycles. The normalized spacial score (nSPS) is 11.4. The van der Waals surface area contributed by atoms with Crippen molar-refractivity contribution in [1.82, 2.24) is 10.2 Å². The highest BCUT2D eigenvalue weighted by Gasteiger charge is 2.14. The maximum Gasteiger partial charge on any atom is 0.338 e. The van der Waals surface area contributed by atoms with E-state index in [1.54, 1.807) is 0 Å². The first-order valence-electron chi connectivity index (χ1n) is 19.3. The molecule has 0 aliphatic carbocycles. The minimum Gasteiger partial charge on any atom is -0.461 e. The van der Waals surface area contributed by atoms with Crippen LogP contribution in [0.2, 0.25) is 0 Å².